The molecule has 94 valence electrons. The standard InChI is InChI=1S/C12H10N6O/c19-12(15-11-4-5-13-16-11)9-2-1-3-10(8-9)18-7-6-14-17-18/h1-8H,(H2,13,15,16,19). The fraction of sp³-hybridized carbons (Fsp3) is 0. The maximum absolute atomic E-state index is 12.0. The van der Waals surface area contributed by atoms with Crippen molar-refractivity contribution in [3.8, 4) is 5.69 Å². The first-order chi connectivity index (χ1) is 9.33. The lowest BCUT2D eigenvalue weighted by Gasteiger charge is -2.05. The van der Waals surface area contributed by atoms with Gasteiger partial charge in [0.25, 0.3) is 5.91 Å². The van der Waals surface area contributed by atoms with Crippen LogP contribution in [0.3, 0.4) is 0 Å². The van der Waals surface area contributed by atoms with E-state index in [1.54, 1.807) is 47.5 Å². The van der Waals surface area contributed by atoms with E-state index in [0.29, 0.717) is 11.4 Å². The van der Waals surface area contributed by atoms with Crippen LogP contribution >= 0.6 is 0 Å². The molecule has 7 heteroatoms. The van der Waals surface area contributed by atoms with Crippen molar-refractivity contribution in [2.75, 3.05) is 5.32 Å². The molecular weight excluding hydrogens is 244 g/mol. The summed E-state index contributed by atoms with van der Waals surface area (Å²) in [6, 6.07) is 8.78. The van der Waals surface area contributed by atoms with Crippen LogP contribution in [-0.2, 0) is 0 Å². The van der Waals surface area contributed by atoms with E-state index in [-0.39, 0.29) is 5.91 Å². The summed E-state index contributed by atoms with van der Waals surface area (Å²) in [5.41, 5.74) is 1.30. The van der Waals surface area contributed by atoms with Crippen LogP contribution in [0, 0.1) is 0 Å². The van der Waals surface area contributed by atoms with Gasteiger partial charge < -0.3 is 5.32 Å². The Bertz CT molecular complexity index is 674. The van der Waals surface area contributed by atoms with Gasteiger partial charge in [0.05, 0.1) is 24.3 Å². The smallest absolute Gasteiger partial charge is 0.256 e. The molecule has 0 aliphatic carbocycles. The highest BCUT2D eigenvalue weighted by Gasteiger charge is 2.08. The molecule has 0 unspecified atom stereocenters. The number of nitrogens with zero attached hydrogens (tertiary/aromatic N) is 4. The molecule has 2 N–H and O–H groups in total. The van der Waals surface area contributed by atoms with Crippen LogP contribution in [-0.4, -0.2) is 31.1 Å². The van der Waals surface area contributed by atoms with Crippen LogP contribution in [0.1, 0.15) is 10.4 Å². The largest absolute Gasteiger partial charge is 0.307 e. The predicted octanol–water partition coefficient (Wildman–Crippen LogP) is 1.24. The predicted molar refractivity (Wildman–Crippen MR) is 67.9 cm³/mol. The summed E-state index contributed by atoms with van der Waals surface area (Å²) in [6.07, 6.45) is 4.87. The number of hydrogen-bond donors (Lipinski definition) is 2. The molecule has 0 radical (unpaired) electrons. The maximum atomic E-state index is 12.0. The minimum atomic E-state index is -0.216. The Labute approximate surface area is 108 Å². The Morgan fingerprint density at radius 2 is 2.21 bits per heavy atom. The Morgan fingerprint density at radius 1 is 1.26 bits per heavy atom. The number of nitrogens with one attached hydrogen (secondary N) is 2. The second kappa shape index (κ2) is 4.73. The van der Waals surface area contributed by atoms with E-state index in [2.05, 4.69) is 25.8 Å². The number of carbonyl (C=O) groups is 1. The molecule has 0 saturated heterocycles. The minimum absolute atomic E-state index is 0.216. The van der Waals surface area contributed by atoms with E-state index >= 15 is 0 Å². The number of rotatable bonds is 3. The van der Waals surface area contributed by atoms with Gasteiger partial charge in [-0.3, -0.25) is 9.89 Å². The monoisotopic (exact) mass is 254 g/mol. The van der Waals surface area contributed by atoms with Gasteiger partial charge in [-0.2, -0.15) is 5.10 Å². The molecule has 3 rings (SSSR count). The molecule has 19 heavy (non-hydrogen) atoms. The molecule has 0 atom stereocenters. The quantitative estimate of drug-likeness (QED) is 0.736. The molecule has 1 amide bonds. The van der Waals surface area contributed by atoms with Gasteiger partial charge in [-0.25, -0.2) is 4.68 Å². The van der Waals surface area contributed by atoms with Crippen molar-refractivity contribution < 1.29 is 4.79 Å². The first-order valence-electron chi connectivity index (χ1n) is 5.60. The van der Waals surface area contributed by atoms with Gasteiger partial charge in [-0.05, 0) is 18.2 Å². The summed E-state index contributed by atoms with van der Waals surface area (Å²) in [4.78, 5) is 12.0. The first kappa shape index (κ1) is 11.1. The van der Waals surface area contributed by atoms with Crippen LogP contribution in [0.15, 0.2) is 48.9 Å². The topological polar surface area (TPSA) is 88.5 Å². The zero-order valence-corrected chi connectivity index (χ0v) is 9.82. The van der Waals surface area contributed by atoms with Crippen LogP contribution in [0.25, 0.3) is 5.69 Å². The minimum Gasteiger partial charge on any atom is -0.307 e. The van der Waals surface area contributed by atoms with Crippen LogP contribution in [0.4, 0.5) is 5.82 Å². The number of H-pyrrole nitrogens is 1. The lowest BCUT2D eigenvalue weighted by Crippen LogP contribution is -2.12. The zero-order valence-electron chi connectivity index (χ0n) is 9.82. The van der Waals surface area contributed by atoms with Crippen LogP contribution in [0.5, 0.6) is 0 Å². The fourth-order valence-corrected chi connectivity index (χ4v) is 1.66. The highest BCUT2D eigenvalue weighted by Crippen LogP contribution is 2.11. The number of anilines is 1. The molecule has 0 fully saturated rings. The van der Waals surface area contributed by atoms with E-state index in [0.717, 1.165) is 5.69 Å². The van der Waals surface area contributed by atoms with Crippen molar-refractivity contribution >= 4 is 11.7 Å². The van der Waals surface area contributed by atoms with Gasteiger partial charge in [-0.1, -0.05) is 11.3 Å². The van der Waals surface area contributed by atoms with Gasteiger partial charge in [0.15, 0.2) is 0 Å². The maximum Gasteiger partial charge on any atom is 0.256 e. The average molecular weight is 254 g/mol. The number of aromatic nitrogens is 5. The van der Waals surface area contributed by atoms with Crippen molar-refractivity contribution in [2.24, 2.45) is 0 Å². The SMILES string of the molecule is O=C(Nc1ccn[nH]1)c1cccc(-n2ccnn2)c1. The molecule has 0 aliphatic rings. The second-order valence-corrected chi connectivity index (χ2v) is 3.82. The summed E-state index contributed by atoms with van der Waals surface area (Å²) in [5, 5.41) is 16.8. The van der Waals surface area contributed by atoms with Gasteiger partial charge in [0, 0.05) is 11.6 Å². The number of aromatic amines is 1. The molecule has 7 nitrogen and oxygen atoms in total. The van der Waals surface area contributed by atoms with Crippen LogP contribution in [0.2, 0.25) is 0 Å². The van der Waals surface area contributed by atoms with Crippen molar-refractivity contribution in [2.45, 2.75) is 0 Å². The van der Waals surface area contributed by atoms with Gasteiger partial charge in [0.1, 0.15) is 5.82 Å². The highest BCUT2D eigenvalue weighted by atomic mass is 16.1. The third-order valence-corrected chi connectivity index (χ3v) is 2.54. The molecule has 3 aromatic rings. The second-order valence-electron chi connectivity index (χ2n) is 3.82. The van der Waals surface area contributed by atoms with Gasteiger partial charge in [0.2, 0.25) is 0 Å². The Kier molecular flexibility index (Phi) is 2.77. The van der Waals surface area contributed by atoms with E-state index in [1.165, 1.54) is 0 Å². The molecule has 0 aliphatic heterocycles. The van der Waals surface area contributed by atoms with Crippen molar-refractivity contribution in [3.63, 3.8) is 0 Å². The fourth-order valence-electron chi connectivity index (χ4n) is 1.66. The molecule has 2 heterocycles. The Hall–Kier alpha value is -2.96. The first-order valence-corrected chi connectivity index (χ1v) is 5.60. The van der Waals surface area contributed by atoms with E-state index in [9.17, 15) is 4.79 Å². The Balaban J connectivity index is 1.85. The lowest BCUT2D eigenvalue weighted by molar-refractivity contribution is 0.102. The molecule has 0 spiro atoms. The summed E-state index contributed by atoms with van der Waals surface area (Å²) >= 11 is 0. The molecule has 2 aromatic heterocycles. The van der Waals surface area contributed by atoms with Gasteiger partial charge in [-0.15, -0.1) is 5.10 Å². The highest BCUT2D eigenvalue weighted by molar-refractivity contribution is 6.04. The molecule has 1 aromatic carbocycles. The number of amides is 1. The third kappa shape index (κ3) is 2.34. The van der Waals surface area contributed by atoms with E-state index < -0.39 is 0 Å². The summed E-state index contributed by atoms with van der Waals surface area (Å²) < 4.78 is 1.59. The van der Waals surface area contributed by atoms with Crippen molar-refractivity contribution in [3.05, 3.63) is 54.5 Å². The summed E-state index contributed by atoms with van der Waals surface area (Å²) in [5.74, 6) is 0.336. The van der Waals surface area contributed by atoms with Crippen molar-refractivity contribution in [1.29, 1.82) is 0 Å². The van der Waals surface area contributed by atoms with E-state index in [1.807, 2.05) is 6.07 Å². The summed E-state index contributed by atoms with van der Waals surface area (Å²) in [7, 11) is 0. The normalized spacial score (nSPS) is 10.3. The number of benzene rings is 1. The number of carbonyl (C=O) groups excluding carboxylic acids is 1. The lowest BCUT2D eigenvalue weighted by atomic mass is 10.2. The van der Waals surface area contributed by atoms with Crippen LogP contribution < -0.4 is 5.32 Å². The number of hydrogen-bond acceptors (Lipinski definition) is 4. The average Bonchev–Trinajstić information content (AvgIpc) is 3.12. The van der Waals surface area contributed by atoms with Gasteiger partial charge >= 0.3 is 0 Å². The Morgan fingerprint density at radius 3 is 2.95 bits per heavy atom. The zero-order chi connectivity index (χ0) is 13.1. The van der Waals surface area contributed by atoms with E-state index in [4.69, 9.17) is 0 Å². The molecule has 0 saturated carbocycles. The third-order valence-electron chi connectivity index (χ3n) is 2.54. The summed E-state index contributed by atoms with van der Waals surface area (Å²) in [6.45, 7) is 0. The molecule has 0 bridgehead atoms. The molecular formula is C12H10N6O. The van der Waals surface area contributed by atoms with Crippen molar-refractivity contribution in [1.82, 2.24) is 25.2 Å².